The molecule has 0 saturated carbocycles. The van der Waals surface area contributed by atoms with E-state index in [1.165, 1.54) is 11.8 Å². The van der Waals surface area contributed by atoms with E-state index in [0.717, 1.165) is 29.2 Å². The number of carbonyl (C=O) groups excluding carboxylic acids is 1. The summed E-state index contributed by atoms with van der Waals surface area (Å²) in [6, 6.07) is 15.3. The smallest absolute Gasteiger partial charge is 0.277 e. The van der Waals surface area contributed by atoms with Crippen molar-refractivity contribution in [2.75, 3.05) is 31.9 Å². The zero-order chi connectivity index (χ0) is 21.8. The molecule has 0 radical (unpaired) electrons. The Kier molecular flexibility index (Phi) is 7.17. The summed E-state index contributed by atoms with van der Waals surface area (Å²) in [5, 5.41) is 9.88. The minimum Gasteiger partial charge on any atom is -0.411 e. The number of piperazine rings is 1. The van der Waals surface area contributed by atoms with Gasteiger partial charge in [0.1, 0.15) is 0 Å². The molecule has 1 atom stereocenters. The van der Waals surface area contributed by atoms with Gasteiger partial charge in [-0.15, -0.1) is 10.2 Å². The number of hydrogen-bond acceptors (Lipinski definition) is 6. The van der Waals surface area contributed by atoms with Crippen LogP contribution in [0.5, 0.6) is 0 Å². The van der Waals surface area contributed by atoms with Crippen LogP contribution < -0.4 is 0 Å². The molecule has 0 bridgehead atoms. The number of nitrogens with zero attached hydrogens (tertiary/aromatic N) is 4. The van der Waals surface area contributed by atoms with Crippen LogP contribution in [0.2, 0.25) is 10.0 Å². The molecule has 31 heavy (non-hydrogen) atoms. The molecule has 1 aliphatic heterocycles. The lowest BCUT2D eigenvalue weighted by Gasteiger charge is -2.38. The third kappa shape index (κ3) is 5.41. The average Bonchev–Trinajstić information content (AvgIpc) is 3.27. The lowest BCUT2D eigenvalue weighted by atomic mass is 10.1. The summed E-state index contributed by atoms with van der Waals surface area (Å²) < 4.78 is 5.66. The number of halogens is 2. The Labute approximate surface area is 195 Å². The molecule has 1 amide bonds. The van der Waals surface area contributed by atoms with Crippen LogP contribution in [0.15, 0.2) is 58.2 Å². The quantitative estimate of drug-likeness (QED) is 0.464. The second-order valence-electron chi connectivity index (χ2n) is 7.28. The summed E-state index contributed by atoms with van der Waals surface area (Å²) in [4.78, 5) is 16.9. The molecule has 9 heteroatoms. The van der Waals surface area contributed by atoms with Crippen molar-refractivity contribution in [2.24, 2.45) is 0 Å². The molecule has 1 saturated heterocycles. The Morgan fingerprint density at radius 1 is 1.06 bits per heavy atom. The first-order chi connectivity index (χ1) is 15.0. The van der Waals surface area contributed by atoms with Crippen molar-refractivity contribution in [3.63, 3.8) is 0 Å². The highest BCUT2D eigenvalue weighted by Crippen LogP contribution is 2.28. The molecule has 3 aromatic rings. The molecule has 4 rings (SSSR count). The van der Waals surface area contributed by atoms with E-state index in [4.69, 9.17) is 27.6 Å². The summed E-state index contributed by atoms with van der Waals surface area (Å²) in [6.07, 6.45) is 0. The second kappa shape index (κ2) is 10.0. The maximum Gasteiger partial charge on any atom is 0.277 e. The van der Waals surface area contributed by atoms with E-state index in [1.54, 1.807) is 12.1 Å². The summed E-state index contributed by atoms with van der Waals surface area (Å²) in [7, 11) is 0. The van der Waals surface area contributed by atoms with Crippen LogP contribution in [0.4, 0.5) is 0 Å². The molecule has 2 heterocycles. The standard InChI is InChI=1S/C22H22Cl2N4O2S/c1-15(18-4-2-3-5-19(18)24)27-10-12-28(13-11-27)20(29)14-31-22-26-25-21(30-22)16-6-8-17(23)9-7-16/h2-9,15H,10-14H2,1H3. The summed E-state index contributed by atoms with van der Waals surface area (Å²) >= 11 is 13.5. The van der Waals surface area contributed by atoms with Crippen molar-refractivity contribution >= 4 is 40.9 Å². The molecule has 0 N–H and O–H groups in total. The fourth-order valence-electron chi connectivity index (χ4n) is 3.56. The van der Waals surface area contributed by atoms with Gasteiger partial charge in [0.15, 0.2) is 0 Å². The van der Waals surface area contributed by atoms with Crippen LogP contribution in [0.3, 0.4) is 0 Å². The van der Waals surface area contributed by atoms with Gasteiger partial charge in [-0.1, -0.05) is 53.2 Å². The van der Waals surface area contributed by atoms with Crippen molar-refractivity contribution in [3.8, 4) is 11.5 Å². The van der Waals surface area contributed by atoms with E-state index in [2.05, 4.69) is 28.1 Å². The average molecular weight is 477 g/mol. The van der Waals surface area contributed by atoms with E-state index in [9.17, 15) is 4.79 Å². The predicted molar refractivity (Wildman–Crippen MR) is 123 cm³/mol. The molecule has 6 nitrogen and oxygen atoms in total. The molecule has 0 aliphatic carbocycles. The van der Waals surface area contributed by atoms with Crippen LogP contribution in [-0.4, -0.2) is 57.8 Å². The van der Waals surface area contributed by atoms with Crippen molar-refractivity contribution in [2.45, 2.75) is 18.2 Å². The van der Waals surface area contributed by atoms with Gasteiger partial charge in [0.2, 0.25) is 11.8 Å². The zero-order valence-electron chi connectivity index (χ0n) is 17.0. The molecule has 0 spiro atoms. The first-order valence-corrected chi connectivity index (χ1v) is 11.7. The first kappa shape index (κ1) is 22.1. The van der Waals surface area contributed by atoms with Gasteiger partial charge in [0, 0.05) is 47.8 Å². The first-order valence-electron chi connectivity index (χ1n) is 10.00. The van der Waals surface area contributed by atoms with Gasteiger partial charge in [0.05, 0.1) is 5.75 Å². The van der Waals surface area contributed by atoms with E-state index in [-0.39, 0.29) is 17.7 Å². The fourth-order valence-corrected chi connectivity index (χ4v) is 4.65. The van der Waals surface area contributed by atoms with Crippen LogP contribution >= 0.6 is 35.0 Å². The highest BCUT2D eigenvalue weighted by molar-refractivity contribution is 7.99. The van der Waals surface area contributed by atoms with Crippen LogP contribution in [-0.2, 0) is 4.79 Å². The van der Waals surface area contributed by atoms with Crippen molar-refractivity contribution in [1.82, 2.24) is 20.0 Å². The van der Waals surface area contributed by atoms with Crippen molar-refractivity contribution < 1.29 is 9.21 Å². The molecule has 1 aliphatic rings. The van der Waals surface area contributed by atoms with E-state index in [1.807, 2.05) is 35.2 Å². The van der Waals surface area contributed by atoms with E-state index >= 15 is 0 Å². The fraction of sp³-hybridized carbons (Fsp3) is 0.318. The lowest BCUT2D eigenvalue weighted by Crippen LogP contribution is -2.49. The summed E-state index contributed by atoms with van der Waals surface area (Å²) in [5.74, 6) is 0.748. The minimum atomic E-state index is 0.0706. The van der Waals surface area contributed by atoms with Gasteiger partial charge in [0.25, 0.3) is 5.22 Å². The van der Waals surface area contributed by atoms with Crippen LogP contribution in [0.1, 0.15) is 18.5 Å². The van der Waals surface area contributed by atoms with Gasteiger partial charge in [-0.25, -0.2) is 0 Å². The Bertz CT molecular complexity index is 1040. The number of amides is 1. The summed E-state index contributed by atoms with van der Waals surface area (Å²) in [6.45, 7) is 5.15. The number of hydrogen-bond donors (Lipinski definition) is 0. The van der Waals surface area contributed by atoms with Gasteiger partial charge in [-0.3, -0.25) is 9.69 Å². The Balaban J connectivity index is 1.27. The minimum absolute atomic E-state index is 0.0706. The Morgan fingerprint density at radius 2 is 1.77 bits per heavy atom. The van der Waals surface area contributed by atoms with Crippen molar-refractivity contribution in [3.05, 3.63) is 64.1 Å². The predicted octanol–water partition coefficient (Wildman–Crippen LogP) is 5.04. The third-order valence-corrected chi connectivity index (χ3v) is 6.79. The zero-order valence-corrected chi connectivity index (χ0v) is 19.3. The van der Waals surface area contributed by atoms with Crippen molar-refractivity contribution in [1.29, 1.82) is 0 Å². The summed E-state index contributed by atoms with van der Waals surface area (Å²) in [5.41, 5.74) is 1.91. The van der Waals surface area contributed by atoms with Gasteiger partial charge in [-0.05, 0) is 42.8 Å². The maximum absolute atomic E-state index is 12.6. The SMILES string of the molecule is CC(c1ccccc1Cl)N1CCN(C(=O)CSc2nnc(-c3ccc(Cl)cc3)o2)CC1. The Morgan fingerprint density at radius 3 is 2.48 bits per heavy atom. The molecule has 1 aromatic heterocycles. The largest absolute Gasteiger partial charge is 0.411 e. The maximum atomic E-state index is 12.6. The molecule has 1 fully saturated rings. The molecule has 162 valence electrons. The molecular formula is C22H22Cl2N4O2S. The van der Waals surface area contributed by atoms with Crippen LogP contribution in [0, 0.1) is 0 Å². The topological polar surface area (TPSA) is 62.5 Å². The lowest BCUT2D eigenvalue weighted by molar-refractivity contribution is -0.130. The molecule has 2 aromatic carbocycles. The number of benzene rings is 2. The normalized spacial score (nSPS) is 15.8. The number of carbonyl (C=O) groups is 1. The molecular weight excluding hydrogens is 455 g/mol. The van der Waals surface area contributed by atoms with Gasteiger partial charge in [-0.2, -0.15) is 0 Å². The second-order valence-corrected chi connectivity index (χ2v) is 9.05. The number of thioether (sulfide) groups is 1. The Hall–Kier alpha value is -2.06. The third-order valence-electron chi connectivity index (χ3n) is 5.39. The highest BCUT2D eigenvalue weighted by Gasteiger charge is 2.26. The highest BCUT2D eigenvalue weighted by atomic mass is 35.5. The van der Waals surface area contributed by atoms with E-state index < -0.39 is 0 Å². The molecule has 1 unspecified atom stereocenters. The van der Waals surface area contributed by atoms with Gasteiger partial charge >= 0.3 is 0 Å². The van der Waals surface area contributed by atoms with Gasteiger partial charge < -0.3 is 9.32 Å². The van der Waals surface area contributed by atoms with E-state index in [0.29, 0.717) is 29.2 Å². The monoisotopic (exact) mass is 476 g/mol. The van der Waals surface area contributed by atoms with Crippen LogP contribution in [0.25, 0.3) is 11.5 Å². The number of aromatic nitrogens is 2. The number of rotatable bonds is 6.